The normalized spacial score (nSPS) is 21.7. The Balaban J connectivity index is 1.80. The number of benzene rings is 1. The van der Waals surface area contributed by atoms with Crippen molar-refractivity contribution in [2.24, 2.45) is 5.92 Å². The molecule has 1 saturated carbocycles. The number of aldehydes is 1. The van der Waals surface area contributed by atoms with E-state index in [1.54, 1.807) is 12.3 Å². The first-order chi connectivity index (χ1) is 10.7. The van der Waals surface area contributed by atoms with E-state index in [1.807, 2.05) is 12.1 Å². The molecule has 3 nitrogen and oxygen atoms in total. The average molecular weight is 318 g/mol. The van der Waals surface area contributed by atoms with Crippen molar-refractivity contribution in [3.63, 3.8) is 0 Å². The summed E-state index contributed by atoms with van der Waals surface area (Å²) < 4.78 is 6.11. The van der Waals surface area contributed by atoms with Crippen molar-refractivity contribution in [3.05, 3.63) is 35.1 Å². The molecule has 0 unspecified atom stereocenters. The second-order valence-corrected chi connectivity index (χ2v) is 6.37. The number of hydrogen-bond acceptors (Lipinski definition) is 3. The Morgan fingerprint density at radius 3 is 2.77 bits per heavy atom. The molecule has 0 saturated heterocycles. The van der Waals surface area contributed by atoms with Gasteiger partial charge < -0.3 is 4.74 Å². The molecule has 22 heavy (non-hydrogen) atoms. The maximum atomic E-state index is 10.8. The van der Waals surface area contributed by atoms with Crippen LogP contribution in [-0.2, 0) is 0 Å². The van der Waals surface area contributed by atoms with Gasteiger partial charge in [-0.05, 0) is 49.1 Å². The molecular weight excluding hydrogens is 298 g/mol. The summed E-state index contributed by atoms with van der Waals surface area (Å²) in [4.78, 5) is 14.9. The van der Waals surface area contributed by atoms with E-state index in [0.29, 0.717) is 10.7 Å². The summed E-state index contributed by atoms with van der Waals surface area (Å²) in [5, 5.41) is 2.32. The molecule has 0 aliphatic heterocycles. The highest BCUT2D eigenvalue weighted by Crippen LogP contribution is 2.36. The second kappa shape index (κ2) is 6.66. The minimum atomic E-state index is 0.250. The van der Waals surface area contributed by atoms with Crippen LogP contribution >= 0.6 is 11.6 Å². The maximum absolute atomic E-state index is 10.8. The van der Waals surface area contributed by atoms with Crippen LogP contribution in [0.15, 0.2) is 24.4 Å². The standard InChI is InChI=1S/C18H20ClNO2/c1-2-12-3-6-15(7-4-12)22-17-8-5-13-9-14(11-21)20-10-16(13)18(17)19/h5,8-12,15H,2-4,6-7H2,1H3/t12-,15+. The van der Waals surface area contributed by atoms with Gasteiger partial charge in [0.15, 0.2) is 6.29 Å². The quantitative estimate of drug-likeness (QED) is 0.741. The Hall–Kier alpha value is -1.61. The first-order valence-corrected chi connectivity index (χ1v) is 8.29. The van der Waals surface area contributed by atoms with Crippen molar-refractivity contribution >= 4 is 28.7 Å². The van der Waals surface area contributed by atoms with Crippen molar-refractivity contribution in [1.82, 2.24) is 4.98 Å². The fraction of sp³-hybridized carbons (Fsp3) is 0.444. The summed E-state index contributed by atoms with van der Waals surface area (Å²) in [6, 6.07) is 5.57. The fourth-order valence-electron chi connectivity index (χ4n) is 3.17. The van der Waals surface area contributed by atoms with Crippen LogP contribution in [0.4, 0.5) is 0 Å². The zero-order valence-corrected chi connectivity index (χ0v) is 13.5. The fourth-order valence-corrected chi connectivity index (χ4v) is 3.44. The van der Waals surface area contributed by atoms with Crippen LogP contribution in [0.1, 0.15) is 49.5 Å². The minimum absolute atomic E-state index is 0.250. The molecule has 4 heteroatoms. The molecule has 116 valence electrons. The molecule has 0 bridgehead atoms. The van der Waals surface area contributed by atoms with E-state index in [2.05, 4.69) is 11.9 Å². The molecule has 1 fully saturated rings. The second-order valence-electron chi connectivity index (χ2n) is 5.99. The molecular formula is C18H20ClNO2. The van der Waals surface area contributed by atoms with Gasteiger partial charge in [-0.1, -0.05) is 31.0 Å². The van der Waals surface area contributed by atoms with Crippen molar-refractivity contribution in [2.75, 3.05) is 0 Å². The first kappa shape index (κ1) is 15.3. The molecule has 3 rings (SSSR count). The van der Waals surface area contributed by atoms with Gasteiger partial charge in [0.2, 0.25) is 0 Å². The van der Waals surface area contributed by atoms with Crippen LogP contribution in [0.2, 0.25) is 5.02 Å². The van der Waals surface area contributed by atoms with Gasteiger partial charge >= 0.3 is 0 Å². The third kappa shape index (κ3) is 3.09. The van der Waals surface area contributed by atoms with E-state index < -0.39 is 0 Å². The predicted molar refractivity (Wildman–Crippen MR) is 88.8 cm³/mol. The summed E-state index contributed by atoms with van der Waals surface area (Å²) in [5.41, 5.74) is 0.412. The van der Waals surface area contributed by atoms with E-state index in [9.17, 15) is 4.79 Å². The Labute approximate surface area is 135 Å². The SMILES string of the molecule is CC[C@H]1CC[C@@H](Oc2ccc3cc(C=O)ncc3c2Cl)CC1. The number of carbonyl (C=O) groups is 1. The van der Waals surface area contributed by atoms with Gasteiger partial charge in [-0.25, -0.2) is 0 Å². The highest BCUT2D eigenvalue weighted by atomic mass is 35.5. The first-order valence-electron chi connectivity index (χ1n) is 7.91. The van der Waals surface area contributed by atoms with Gasteiger partial charge in [0, 0.05) is 11.6 Å². The van der Waals surface area contributed by atoms with Crippen LogP contribution < -0.4 is 4.74 Å². The zero-order chi connectivity index (χ0) is 15.5. The molecule has 1 heterocycles. The smallest absolute Gasteiger partial charge is 0.168 e. The Bertz CT molecular complexity index is 678. The van der Waals surface area contributed by atoms with Gasteiger partial charge in [0.25, 0.3) is 0 Å². The van der Waals surface area contributed by atoms with E-state index in [-0.39, 0.29) is 6.10 Å². The van der Waals surface area contributed by atoms with Crippen molar-refractivity contribution in [3.8, 4) is 5.75 Å². The van der Waals surface area contributed by atoms with Crippen LogP contribution in [0.5, 0.6) is 5.75 Å². The van der Waals surface area contributed by atoms with E-state index in [1.165, 1.54) is 19.3 Å². The van der Waals surface area contributed by atoms with Crippen LogP contribution in [-0.4, -0.2) is 17.4 Å². The molecule has 0 radical (unpaired) electrons. The number of fused-ring (bicyclic) bond motifs is 1. The highest BCUT2D eigenvalue weighted by Gasteiger charge is 2.22. The molecule has 0 amide bonds. The van der Waals surface area contributed by atoms with Crippen molar-refractivity contribution in [1.29, 1.82) is 0 Å². The van der Waals surface area contributed by atoms with Crippen LogP contribution in [0.3, 0.4) is 0 Å². The number of carbonyl (C=O) groups excluding carboxylic acids is 1. The van der Waals surface area contributed by atoms with E-state index in [0.717, 1.165) is 41.6 Å². The number of halogens is 1. The molecule has 1 aliphatic carbocycles. The van der Waals surface area contributed by atoms with E-state index >= 15 is 0 Å². The number of nitrogens with zero attached hydrogens (tertiary/aromatic N) is 1. The van der Waals surface area contributed by atoms with Crippen LogP contribution in [0.25, 0.3) is 10.8 Å². The third-order valence-electron chi connectivity index (χ3n) is 4.61. The molecule has 1 aliphatic rings. The maximum Gasteiger partial charge on any atom is 0.168 e. The molecule has 0 spiro atoms. The Kier molecular flexibility index (Phi) is 4.63. The number of pyridine rings is 1. The Morgan fingerprint density at radius 1 is 1.32 bits per heavy atom. The van der Waals surface area contributed by atoms with Gasteiger partial charge in [0.05, 0.1) is 11.1 Å². The average Bonchev–Trinajstić information content (AvgIpc) is 2.57. The van der Waals surface area contributed by atoms with Crippen molar-refractivity contribution in [2.45, 2.75) is 45.1 Å². The largest absolute Gasteiger partial charge is 0.489 e. The van der Waals surface area contributed by atoms with Gasteiger partial charge in [-0.2, -0.15) is 0 Å². The molecule has 2 aromatic rings. The van der Waals surface area contributed by atoms with Crippen LogP contribution in [0, 0.1) is 5.92 Å². The third-order valence-corrected chi connectivity index (χ3v) is 5.00. The Morgan fingerprint density at radius 2 is 2.09 bits per heavy atom. The lowest BCUT2D eigenvalue weighted by atomic mass is 9.86. The summed E-state index contributed by atoms with van der Waals surface area (Å²) in [6.45, 7) is 2.26. The molecule has 1 aromatic heterocycles. The van der Waals surface area contributed by atoms with Gasteiger partial charge in [-0.3, -0.25) is 9.78 Å². The minimum Gasteiger partial charge on any atom is -0.489 e. The lowest BCUT2D eigenvalue weighted by Crippen LogP contribution is -2.24. The highest BCUT2D eigenvalue weighted by molar-refractivity contribution is 6.37. The number of hydrogen-bond donors (Lipinski definition) is 0. The zero-order valence-electron chi connectivity index (χ0n) is 12.7. The molecule has 0 atom stereocenters. The lowest BCUT2D eigenvalue weighted by Gasteiger charge is -2.28. The predicted octanol–water partition coefficient (Wildman–Crippen LogP) is 5.05. The van der Waals surface area contributed by atoms with Gasteiger partial charge in [-0.15, -0.1) is 0 Å². The number of aromatic nitrogens is 1. The number of rotatable bonds is 4. The van der Waals surface area contributed by atoms with Crippen molar-refractivity contribution < 1.29 is 9.53 Å². The summed E-state index contributed by atoms with van der Waals surface area (Å²) >= 11 is 6.46. The van der Waals surface area contributed by atoms with E-state index in [4.69, 9.17) is 16.3 Å². The summed E-state index contributed by atoms with van der Waals surface area (Å²) in [6.07, 6.45) is 8.54. The molecule has 1 aromatic carbocycles. The summed E-state index contributed by atoms with van der Waals surface area (Å²) in [7, 11) is 0. The molecule has 0 N–H and O–H groups in total. The lowest BCUT2D eigenvalue weighted by molar-refractivity contribution is 0.111. The number of ether oxygens (including phenoxy) is 1. The topological polar surface area (TPSA) is 39.2 Å². The monoisotopic (exact) mass is 317 g/mol. The summed E-state index contributed by atoms with van der Waals surface area (Å²) in [5.74, 6) is 1.56. The van der Waals surface area contributed by atoms with Gasteiger partial charge in [0.1, 0.15) is 11.4 Å².